The number of fused-ring (bicyclic) bond motifs is 1. The average Bonchev–Trinajstić information content (AvgIpc) is 2.79. The fraction of sp³-hybridized carbons (Fsp3) is 0.455. The first-order chi connectivity index (χ1) is 9.00. The van der Waals surface area contributed by atoms with Gasteiger partial charge in [-0.15, -0.1) is 0 Å². The van der Waals surface area contributed by atoms with Crippen molar-refractivity contribution in [1.82, 2.24) is 25.3 Å². The molecular formula is C11H15N7O. The SMILES string of the molecule is CC1(C)C(=O)NCCN1c1nc(N)nc2nc[nH]c12. The molecule has 2 aromatic rings. The standard InChI is InChI=1S/C11H15N7O/c1-11(2)9(19)13-3-4-18(11)8-6-7(15-5-14-6)16-10(12)17-8/h5H,3-4H2,1-2H3,(H,13,19)(H3,12,14,15,16,17). The predicted molar refractivity (Wildman–Crippen MR) is 70.5 cm³/mol. The average molecular weight is 261 g/mol. The van der Waals surface area contributed by atoms with Crippen LogP contribution in [0.25, 0.3) is 11.2 Å². The normalized spacial score (nSPS) is 18.6. The molecule has 2 aromatic heterocycles. The molecule has 1 aliphatic rings. The number of nitrogens with two attached hydrogens (primary N) is 1. The van der Waals surface area contributed by atoms with E-state index in [4.69, 9.17) is 5.73 Å². The molecule has 0 saturated carbocycles. The van der Waals surface area contributed by atoms with Gasteiger partial charge < -0.3 is 20.9 Å². The number of aromatic amines is 1. The van der Waals surface area contributed by atoms with Gasteiger partial charge in [0.25, 0.3) is 0 Å². The van der Waals surface area contributed by atoms with Gasteiger partial charge in [-0.1, -0.05) is 0 Å². The van der Waals surface area contributed by atoms with E-state index in [1.54, 1.807) is 6.33 Å². The van der Waals surface area contributed by atoms with E-state index in [1.807, 2.05) is 18.7 Å². The number of carbonyl (C=O) groups excluding carboxylic acids is 1. The highest BCUT2D eigenvalue weighted by atomic mass is 16.2. The molecule has 1 aliphatic heterocycles. The fourth-order valence-corrected chi connectivity index (χ4v) is 2.30. The maximum absolute atomic E-state index is 12.0. The zero-order valence-corrected chi connectivity index (χ0v) is 10.8. The van der Waals surface area contributed by atoms with Gasteiger partial charge >= 0.3 is 0 Å². The second kappa shape index (κ2) is 3.81. The third kappa shape index (κ3) is 1.67. The summed E-state index contributed by atoms with van der Waals surface area (Å²) >= 11 is 0. The van der Waals surface area contributed by atoms with Crippen molar-refractivity contribution in [3.8, 4) is 0 Å². The van der Waals surface area contributed by atoms with E-state index in [0.717, 1.165) is 0 Å². The van der Waals surface area contributed by atoms with Gasteiger partial charge in [-0.2, -0.15) is 9.97 Å². The topological polar surface area (TPSA) is 113 Å². The van der Waals surface area contributed by atoms with Crippen LogP contribution in [-0.4, -0.2) is 44.5 Å². The van der Waals surface area contributed by atoms with Crippen LogP contribution in [0.1, 0.15) is 13.8 Å². The minimum atomic E-state index is -0.697. The van der Waals surface area contributed by atoms with E-state index in [-0.39, 0.29) is 11.9 Å². The summed E-state index contributed by atoms with van der Waals surface area (Å²) in [5.41, 5.74) is 6.21. The molecule has 0 unspecified atom stereocenters. The molecule has 0 bridgehead atoms. The van der Waals surface area contributed by atoms with Crippen LogP contribution in [0.2, 0.25) is 0 Å². The number of carbonyl (C=O) groups is 1. The lowest BCUT2D eigenvalue weighted by atomic mass is 9.99. The third-order valence-electron chi connectivity index (χ3n) is 3.39. The quantitative estimate of drug-likeness (QED) is 0.646. The van der Waals surface area contributed by atoms with Crippen LogP contribution >= 0.6 is 0 Å². The first-order valence-corrected chi connectivity index (χ1v) is 6.02. The second-order valence-corrected chi connectivity index (χ2v) is 4.97. The zero-order valence-electron chi connectivity index (χ0n) is 10.8. The van der Waals surface area contributed by atoms with Gasteiger partial charge in [-0.05, 0) is 13.8 Å². The Morgan fingerprint density at radius 2 is 2.21 bits per heavy atom. The predicted octanol–water partition coefficient (Wildman–Crippen LogP) is -0.350. The second-order valence-electron chi connectivity index (χ2n) is 4.97. The molecule has 4 N–H and O–H groups in total. The van der Waals surface area contributed by atoms with E-state index in [0.29, 0.717) is 30.1 Å². The first kappa shape index (κ1) is 11.7. The number of hydrogen-bond acceptors (Lipinski definition) is 6. The van der Waals surface area contributed by atoms with Gasteiger partial charge in [0.05, 0.1) is 6.33 Å². The molecule has 1 fully saturated rings. The highest BCUT2D eigenvalue weighted by Gasteiger charge is 2.39. The molecular weight excluding hydrogens is 246 g/mol. The van der Waals surface area contributed by atoms with Gasteiger partial charge in [-0.3, -0.25) is 4.79 Å². The summed E-state index contributed by atoms with van der Waals surface area (Å²) in [6.07, 6.45) is 1.54. The highest BCUT2D eigenvalue weighted by Crippen LogP contribution is 2.29. The molecule has 3 heterocycles. The van der Waals surface area contributed by atoms with Crippen molar-refractivity contribution in [3.05, 3.63) is 6.33 Å². The van der Waals surface area contributed by atoms with E-state index in [1.165, 1.54) is 0 Å². The molecule has 1 saturated heterocycles. The number of hydrogen-bond donors (Lipinski definition) is 3. The summed E-state index contributed by atoms with van der Waals surface area (Å²) in [7, 11) is 0. The van der Waals surface area contributed by atoms with Gasteiger partial charge in [0.1, 0.15) is 11.1 Å². The zero-order chi connectivity index (χ0) is 13.6. The summed E-state index contributed by atoms with van der Waals surface area (Å²) in [6, 6.07) is 0. The number of amides is 1. The Labute approximate surface area is 109 Å². The van der Waals surface area contributed by atoms with E-state index in [9.17, 15) is 4.79 Å². The molecule has 0 atom stereocenters. The van der Waals surface area contributed by atoms with Crippen molar-refractivity contribution < 1.29 is 4.79 Å². The van der Waals surface area contributed by atoms with Gasteiger partial charge in [0.15, 0.2) is 11.5 Å². The van der Waals surface area contributed by atoms with Crippen LogP contribution in [0, 0.1) is 0 Å². The highest BCUT2D eigenvalue weighted by molar-refractivity contribution is 5.93. The van der Waals surface area contributed by atoms with E-state index < -0.39 is 5.54 Å². The summed E-state index contributed by atoms with van der Waals surface area (Å²) < 4.78 is 0. The van der Waals surface area contributed by atoms with E-state index in [2.05, 4.69) is 25.3 Å². The monoisotopic (exact) mass is 261 g/mol. The Morgan fingerprint density at radius 1 is 1.42 bits per heavy atom. The molecule has 8 heteroatoms. The lowest BCUT2D eigenvalue weighted by Gasteiger charge is -2.41. The molecule has 3 rings (SSSR count). The van der Waals surface area contributed by atoms with Crippen LogP contribution in [0.15, 0.2) is 6.33 Å². The minimum absolute atomic E-state index is 0.0383. The number of aromatic nitrogens is 4. The summed E-state index contributed by atoms with van der Waals surface area (Å²) in [4.78, 5) is 29.3. The van der Waals surface area contributed by atoms with Crippen LogP contribution in [-0.2, 0) is 4.79 Å². The number of anilines is 2. The number of nitrogens with zero attached hydrogens (tertiary/aromatic N) is 4. The Kier molecular flexibility index (Phi) is 2.34. The number of H-pyrrole nitrogens is 1. The molecule has 0 spiro atoms. The van der Waals surface area contributed by atoms with Crippen molar-refractivity contribution in [1.29, 1.82) is 0 Å². The minimum Gasteiger partial charge on any atom is -0.368 e. The molecule has 0 radical (unpaired) electrons. The molecule has 0 aliphatic carbocycles. The molecule has 100 valence electrons. The van der Waals surface area contributed by atoms with Crippen molar-refractivity contribution in [2.75, 3.05) is 23.7 Å². The molecule has 8 nitrogen and oxygen atoms in total. The Hall–Kier alpha value is -2.38. The summed E-state index contributed by atoms with van der Waals surface area (Å²) in [5, 5.41) is 2.85. The van der Waals surface area contributed by atoms with Crippen LogP contribution in [0.4, 0.5) is 11.8 Å². The lowest BCUT2D eigenvalue weighted by molar-refractivity contribution is -0.126. The maximum atomic E-state index is 12.0. The Morgan fingerprint density at radius 3 is 3.00 bits per heavy atom. The smallest absolute Gasteiger partial charge is 0.245 e. The lowest BCUT2D eigenvalue weighted by Crippen LogP contribution is -2.62. The summed E-state index contributed by atoms with van der Waals surface area (Å²) in [6.45, 7) is 4.93. The van der Waals surface area contributed by atoms with E-state index >= 15 is 0 Å². The number of piperazine rings is 1. The number of nitrogen functional groups attached to an aromatic ring is 1. The molecule has 0 aromatic carbocycles. The number of nitrogens with one attached hydrogen (secondary N) is 2. The number of imidazole rings is 1. The van der Waals surface area contributed by atoms with Crippen molar-refractivity contribution in [2.24, 2.45) is 0 Å². The maximum Gasteiger partial charge on any atom is 0.245 e. The van der Waals surface area contributed by atoms with Crippen LogP contribution in [0.3, 0.4) is 0 Å². The van der Waals surface area contributed by atoms with Crippen molar-refractivity contribution in [3.63, 3.8) is 0 Å². The Balaban J connectivity index is 2.18. The first-order valence-electron chi connectivity index (χ1n) is 6.02. The number of rotatable bonds is 1. The Bertz CT molecular complexity index is 648. The van der Waals surface area contributed by atoms with Gasteiger partial charge in [0, 0.05) is 13.1 Å². The fourth-order valence-electron chi connectivity index (χ4n) is 2.30. The van der Waals surface area contributed by atoms with Gasteiger partial charge in [-0.25, -0.2) is 4.98 Å². The molecule has 1 amide bonds. The third-order valence-corrected chi connectivity index (χ3v) is 3.39. The van der Waals surface area contributed by atoms with Crippen molar-refractivity contribution >= 4 is 28.8 Å². The van der Waals surface area contributed by atoms with Crippen molar-refractivity contribution in [2.45, 2.75) is 19.4 Å². The van der Waals surface area contributed by atoms with Gasteiger partial charge in [0.2, 0.25) is 11.9 Å². The largest absolute Gasteiger partial charge is 0.368 e. The van der Waals surface area contributed by atoms with Crippen LogP contribution in [0.5, 0.6) is 0 Å². The molecule has 19 heavy (non-hydrogen) atoms. The van der Waals surface area contributed by atoms with Crippen LogP contribution < -0.4 is 16.0 Å². The summed E-state index contributed by atoms with van der Waals surface area (Å²) in [5.74, 6) is 0.722.